The van der Waals surface area contributed by atoms with Crippen molar-refractivity contribution in [2.75, 3.05) is 0 Å². The van der Waals surface area contributed by atoms with Gasteiger partial charge in [-0.05, 0) is 12.8 Å². The maximum Gasteiger partial charge on any atom is 0.329 e. The van der Waals surface area contributed by atoms with E-state index in [1.54, 1.807) is 23.3 Å². The van der Waals surface area contributed by atoms with E-state index >= 15 is 0 Å². The first-order valence-corrected chi connectivity index (χ1v) is 6.62. The number of imidazole rings is 1. The van der Waals surface area contributed by atoms with Crippen molar-refractivity contribution in [2.45, 2.75) is 50.6 Å². The highest BCUT2D eigenvalue weighted by molar-refractivity contribution is 5.87. The lowest BCUT2D eigenvalue weighted by atomic mass is 9.81. The van der Waals surface area contributed by atoms with Crippen molar-refractivity contribution in [1.29, 1.82) is 0 Å². The Balaban J connectivity index is 1.90. The van der Waals surface area contributed by atoms with Gasteiger partial charge in [-0.1, -0.05) is 19.3 Å². The molecule has 0 unspecified atom stereocenters. The Morgan fingerprint density at radius 3 is 2.63 bits per heavy atom. The fourth-order valence-electron chi connectivity index (χ4n) is 2.53. The summed E-state index contributed by atoms with van der Waals surface area (Å²) in [7, 11) is 0. The van der Waals surface area contributed by atoms with Gasteiger partial charge in [-0.15, -0.1) is 0 Å². The van der Waals surface area contributed by atoms with E-state index in [9.17, 15) is 14.7 Å². The van der Waals surface area contributed by atoms with Gasteiger partial charge in [-0.2, -0.15) is 0 Å². The van der Waals surface area contributed by atoms with Crippen molar-refractivity contribution in [2.24, 2.45) is 0 Å². The van der Waals surface area contributed by atoms with E-state index in [-0.39, 0.29) is 12.3 Å². The van der Waals surface area contributed by atoms with Crippen LogP contribution in [0.15, 0.2) is 18.7 Å². The van der Waals surface area contributed by atoms with Crippen LogP contribution in [0.25, 0.3) is 0 Å². The van der Waals surface area contributed by atoms with Crippen molar-refractivity contribution in [3.05, 3.63) is 18.7 Å². The van der Waals surface area contributed by atoms with Gasteiger partial charge < -0.3 is 15.0 Å². The lowest BCUT2D eigenvalue weighted by Crippen LogP contribution is -2.55. The molecule has 6 heteroatoms. The first-order chi connectivity index (χ1) is 9.12. The van der Waals surface area contributed by atoms with E-state index in [0.717, 1.165) is 19.3 Å². The second kappa shape index (κ2) is 5.86. The summed E-state index contributed by atoms with van der Waals surface area (Å²) in [5.74, 6) is -1.12. The summed E-state index contributed by atoms with van der Waals surface area (Å²) in [6.45, 7) is 0.515. The van der Waals surface area contributed by atoms with Crippen molar-refractivity contribution in [3.63, 3.8) is 0 Å². The molecule has 1 aliphatic carbocycles. The van der Waals surface area contributed by atoms with Gasteiger partial charge in [0.05, 0.1) is 6.33 Å². The predicted octanol–water partition coefficient (Wildman–Crippen LogP) is 1.18. The second-order valence-corrected chi connectivity index (χ2v) is 5.05. The average Bonchev–Trinajstić information content (AvgIpc) is 2.90. The van der Waals surface area contributed by atoms with Gasteiger partial charge in [0.1, 0.15) is 5.54 Å². The number of aliphatic carboxylic acids is 1. The number of hydrogen-bond donors (Lipinski definition) is 2. The largest absolute Gasteiger partial charge is 0.480 e. The molecule has 0 radical (unpaired) electrons. The fraction of sp³-hybridized carbons (Fsp3) is 0.615. The molecular formula is C13H19N3O3. The van der Waals surface area contributed by atoms with Gasteiger partial charge in [-0.3, -0.25) is 4.79 Å². The molecule has 1 aliphatic rings. The van der Waals surface area contributed by atoms with Crippen LogP contribution in [0.1, 0.15) is 38.5 Å². The van der Waals surface area contributed by atoms with Gasteiger partial charge in [-0.25, -0.2) is 9.78 Å². The molecule has 19 heavy (non-hydrogen) atoms. The second-order valence-electron chi connectivity index (χ2n) is 5.05. The Morgan fingerprint density at radius 1 is 1.32 bits per heavy atom. The van der Waals surface area contributed by atoms with Crippen LogP contribution in [0.4, 0.5) is 0 Å². The number of hydrogen-bond acceptors (Lipinski definition) is 3. The molecule has 1 saturated carbocycles. The summed E-state index contributed by atoms with van der Waals surface area (Å²) in [4.78, 5) is 27.2. The molecule has 2 rings (SSSR count). The molecule has 1 fully saturated rings. The fourth-order valence-corrected chi connectivity index (χ4v) is 2.53. The molecule has 104 valence electrons. The smallest absolute Gasteiger partial charge is 0.329 e. The molecule has 1 aromatic rings. The molecule has 0 atom stereocenters. The third-order valence-electron chi connectivity index (χ3n) is 3.65. The normalized spacial score (nSPS) is 17.9. The van der Waals surface area contributed by atoms with Crippen LogP contribution in [0, 0.1) is 0 Å². The number of aryl methyl sites for hydroxylation is 1. The van der Waals surface area contributed by atoms with Gasteiger partial charge in [0, 0.05) is 25.4 Å². The zero-order valence-electron chi connectivity index (χ0n) is 10.8. The van der Waals surface area contributed by atoms with Gasteiger partial charge >= 0.3 is 5.97 Å². The number of nitrogens with one attached hydrogen (secondary N) is 1. The number of carbonyl (C=O) groups is 2. The van der Waals surface area contributed by atoms with Crippen LogP contribution in [0.5, 0.6) is 0 Å². The van der Waals surface area contributed by atoms with E-state index in [0.29, 0.717) is 19.4 Å². The Bertz CT molecular complexity index is 436. The summed E-state index contributed by atoms with van der Waals surface area (Å²) >= 11 is 0. The number of aromatic nitrogens is 2. The van der Waals surface area contributed by atoms with Crippen LogP contribution >= 0.6 is 0 Å². The summed E-state index contributed by atoms with van der Waals surface area (Å²) in [6, 6.07) is 0. The number of amides is 1. The van der Waals surface area contributed by atoms with E-state index in [1.807, 2.05) is 0 Å². The Kier molecular flexibility index (Phi) is 4.19. The lowest BCUT2D eigenvalue weighted by molar-refractivity contribution is -0.149. The number of nitrogens with zero attached hydrogens (tertiary/aromatic N) is 2. The molecule has 1 heterocycles. The number of carbonyl (C=O) groups excluding carboxylic acids is 1. The molecule has 1 aromatic heterocycles. The van der Waals surface area contributed by atoms with Gasteiger partial charge in [0.2, 0.25) is 5.91 Å². The molecule has 2 N–H and O–H groups in total. The van der Waals surface area contributed by atoms with Crippen LogP contribution in [-0.4, -0.2) is 32.1 Å². The zero-order chi connectivity index (χ0) is 13.7. The Morgan fingerprint density at radius 2 is 2.05 bits per heavy atom. The third-order valence-corrected chi connectivity index (χ3v) is 3.65. The number of carboxylic acids is 1. The van der Waals surface area contributed by atoms with E-state index in [4.69, 9.17) is 0 Å². The molecule has 0 aliphatic heterocycles. The Labute approximate surface area is 111 Å². The molecule has 0 aromatic carbocycles. The minimum Gasteiger partial charge on any atom is -0.480 e. The topological polar surface area (TPSA) is 84.2 Å². The number of rotatable bonds is 5. The first kappa shape index (κ1) is 13.6. The number of carboxylic acid groups (broad SMARTS) is 1. The maximum absolute atomic E-state index is 11.9. The zero-order valence-corrected chi connectivity index (χ0v) is 10.8. The van der Waals surface area contributed by atoms with Crippen molar-refractivity contribution in [3.8, 4) is 0 Å². The lowest BCUT2D eigenvalue weighted by Gasteiger charge is -2.34. The van der Waals surface area contributed by atoms with Crippen LogP contribution in [-0.2, 0) is 16.1 Å². The molecule has 0 spiro atoms. The van der Waals surface area contributed by atoms with E-state index in [1.165, 1.54) is 0 Å². The maximum atomic E-state index is 11.9. The van der Waals surface area contributed by atoms with Crippen molar-refractivity contribution in [1.82, 2.24) is 14.9 Å². The summed E-state index contributed by atoms with van der Waals surface area (Å²) in [5, 5.41) is 12.1. The molecule has 6 nitrogen and oxygen atoms in total. The summed E-state index contributed by atoms with van der Waals surface area (Å²) in [6.07, 6.45) is 9.14. The Hall–Kier alpha value is -1.85. The SMILES string of the molecule is O=C(CCn1ccnc1)NC1(C(=O)O)CCCCC1. The third kappa shape index (κ3) is 3.33. The molecule has 0 bridgehead atoms. The van der Waals surface area contributed by atoms with Crippen LogP contribution in [0.2, 0.25) is 0 Å². The van der Waals surface area contributed by atoms with E-state index < -0.39 is 11.5 Å². The van der Waals surface area contributed by atoms with Crippen molar-refractivity contribution < 1.29 is 14.7 Å². The summed E-state index contributed by atoms with van der Waals surface area (Å²) in [5.41, 5.74) is -1.05. The van der Waals surface area contributed by atoms with Crippen LogP contribution in [0.3, 0.4) is 0 Å². The van der Waals surface area contributed by atoms with Crippen molar-refractivity contribution >= 4 is 11.9 Å². The van der Waals surface area contributed by atoms with Gasteiger partial charge in [0.15, 0.2) is 0 Å². The highest BCUT2D eigenvalue weighted by atomic mass is 16.4. The summed E-state index contributed by atoms with van der Waals surface area (Å²) < 4.78 is 1.80. The minimum absolute atomic E-state index is 0.210. The van der Waals surface area contributed by atoms with E-state index in [2.05, 4.69) is 10.3 Å². The first-order valence-electron chi connectivity index (χ1n) is 6.62. The average molecular weight is 265 g/mol. The predicted molar refractivity (Wildman–Crippen MR) is 68.4 cm³/mol. The van der Waals surface area contributed by atoms with Crippen LogP contribution < -0.4 is 5.32 Å². The standard InChI is InChI=1S/C13H19N3O3/c17-11(4-8-16-9-7-14-10-16)15-13(12(18)19)5-2-1-3-6-13/h7,9-10H,1-6,8H2,(H,15,17)(H,18,19). The monoisotopic (exact) mass is 265 g/mol. The van der Waals surface area contributed by atoms with Gasteiger partial charge in [0.25, 0.3) is 0 Å². The highest BCUT2D eigenvalue weighted by Gasteiger charge is 2.40. The molecule has 0 saturated heterocycles. The minimum atomic E-state index is -1.05. The molecule has 1 amide bonds. The molecular weight excluding hydrogens is 246 g/mol. The highest BCUT2D eigenvalue weighted by Crippen LogP contribution is 2.28. The quantitative estimate of drug-likeness (QED) is 0.837.